The van der Waals surface area contributed by atoms with Crippen LogP contribution in [0.5, 0.6) is 11.5 Å². The summed E-state index contributed by atoms with van der Waals surface area (Å²) in [6, 6.07) is -0.283. The lowest BCUT2D eigenvalue weighted by Gasteiger charge is -2.50. The van der Waals surface area contributed by atoms with Crippen molar-refractivity contribution in [2.24, 2.45) is 58.3 Å². The van der Waals surface area contributed by atoms with Crippen LogP contribution in [0.15, 0.2) is 58.7 Å². The molecule has 4 saturated heterocycles. The van der Waals surface area contributed by atoms with Gasteiger partial charge in [-0.3, -0.25) is 33.8 Å². The summed E-state index contributed by atoms with van der Waals surface area (Å²) in [5.74, 6) is -10.8. The van der Waals surface area contributed by atoms with Crippen molar-refractivity contribution in [1.82, 2.24) is 30.0 Å². The number of phenols is 1. The highest BCUT2D eigenvalue weighted by Crippen LogP contribution is 2.51. The second kappa shape index (κ2) is 41.9. The number of amides is 1. The number of aliphatic hydroxyl groups is 7. The zero-order valence-corrected chi connectivity index (χ0v) is 77.6. The molecule has 1 aliphatic carbocycles. The van der Waals surface area contributed by atoms with E-state index in [1.54, 1.807) is 114 Å². The first-order valence-electron chi connectivity index (χ1n) is 43.6. The van der Waals surface area contributed by atoms with Crippen LogP contribution in [-0.4, -0.2) is 288 Å². The molecule has 1 amide bonds. The molecular weight excluding hydrogens is 1630 g/mol. The third-order valence-electron chi connectivity index (χ3n) is 26.8. The Morgan fingerprint density at radius 1 is 0.792 bits per heavy atom. The smallest absolute Gasteiger partial charge is 0.342 e. The minimum absolute atomic E-state index is 0.0164. The number of allylic oxidation sites excluding steroid dienone is 4. The summed E-state index contributed by atoms with van der Waals surface area (Å²) in [5, 5.41) is 106. The molecule has 10 rings (SSSR count). The number of carbonyl (C=O) groups is 6. The number of hydrogen-bond acceptors (Lipinski definition) is 32. The Morgan fingerprint density at radius 3 is 2.01 bits per heavy atom. The number of carbonyl (C=O) groups excluding carboxylic acids is 6. The number of rotatable bonds is 15. The van der Waals surface area contributed by atoms with Gasteiger partial charge in [-0.05, 0) is 106 Å². The van der Waals surface area contributed by atoms with Crippen molar-refractivity contribution in [3.05, 3.63) is 91.9 Å². The van der Waals surface area contributed by atoms with Crippen molar-refractivity contribution < 1.29 is 127 Å². The van der Waals surface area contributed by atoms with Gasteiger partial charge in [0, 0.05) is 145 Å². The van der Waals surface area contributed by atoms with Crippen LogP contribution in [0.2, 0.25) is 0 Å². The standard InChI is InChI=1S/C46H62N4O11.C38H69NO13.C6H9N3O3/c1-22(2)21-50-18-16-46(17-19-50)48-34-31-32-39(54)28(8)42-33(31)43(56)45(10,61-42)59-20-15-30(58-11)25(5)41(60-29(9)51)27(7)38(53)26(6)37(52)23(3)13-12-14-24(4)44(57)47-36(40(32)55)35(34)49-46;1-15-26-38(10,45)31(42)21(4)28(40)19(2)17-37(9,47-14)33(52-35-29(41)25(39(11)12)16-20(3)48-35)22(5)30(23(6)34(44)50-26)51-27-18-36(8,46-13)32(43)24(7)49-27;1-5-7-4-6(9(11)12)8(5)2-3-10/h12-15,20,22-23,25-27,30,37-38,41,49,52-54H,16-19,21H2,1-11H3,(H,47,57);19-27,29-33,35,41-43,45H,15-18H2,1-14H3;4,10H,2-3H2,1H3/b13-12+,20-15+,24-14-;;/t23-,25+,26+,27+,30-,37-,38+,41+,45-;19-,20-,21+,22?,23-,24+,25+,26-,27+,29-,30+,31-,32+,33-,35+,36-,37-,38-;/m01./s1. The number of ether oxygens (including phenoxy) is 11. The van der Waals surface area contributed by atoms with E-state index < -0.39 is 195 Å². The van der Waals surface area contributed by atoms with E-state index in [1.807, 2.05) is 32.8 Å². The lowest BCUT2D eigenvalue weighted by atomic mass is 9.74. The number of phenolic OH excluding ortho intramolecular Hbond substituents is 1. The number of aromatic nitrogens is 2. The molecule has 0 radical (unpaired) electrons. The molecule has 2 aromatic rings. The Labute approximate surface area is 734 Å². The highest BCUT2D eigenvalue weighted by atomic mass is 16.7. The number of likely N-dealkylation sites (tertiary alicyclic amines) is 1. The largest absolute Gasteiger partial charge is 0.507 e. The molecule has 5 bridgehead atoms. The molecule has 0 saturated carbocycles. The topological polar surface area (TPSA) is 470 Å². The second-order valence-electron chi connectivity index (χ2n) is 36.9. The Hall–Kier alpha value is -7.56. The first kappa shape index (κ1) is 103. The Kier molecular flexibility index (Phi) is 34.5. The highest BCUT2D eigenvalue weighted by molar-refractivity contribution is 6.34. The van der Waals surface area contributed by atoms with E-state index in [0.717, 1.165) is 19.6 Å². The SMILES string of the molecule is CC[C@H]1OC(=O)[C@H](C)[C@@H](O[C@H]2C[C@@](C)(OC)[C@@H](O)[C@H](C)O2)C(C)[C@@H](O[C@@H]2O[C@H](C)C[C@H](N(C)C)[C@H]2O)[C@](C)(OC)C[C@@H](C)C(=O)[C@H](C)[C@@H](O)[C@]1(C)O.CO[C@H]1/C=C/O[C@@]2(C)Oc3c(C)c(O)c4c(c3C2=O)C2=NC3(CCN(CC(C)C)CC3)NC2=C(NC(=O)/C(C)=C\C=C\[C@H](C)[C@H](O)[C@@H](C)[C@@H](O)[C@@H](C)[C@H](OC(C)=O)[C@@H]1C)C4=O.Cc1ncc([N+](=O)[O-])n1CCO. The van der Waals surface area contributed by atoms with Gasteiger partial charge < -0.3 is 124 Å². The Balaban J connectivity index is 0.000000275. The molecule has 1 aromatic heterocycles. The van der Waals surface area contributed by atoms with Crippen molar-refractivity contribution >= 4 is 46.7 Å². The van der Waals surface area contributed by atoms with Crippen molar-refractivity contribution in [1.29, 1.82) is 0 Å². The molecule has 8 aliphatic rings. The second-order valence-corrected chi connectivity index (χ2v) is 36.9. The molecular formula is C90H140N8O27. The molecule has 35 nitrogen and oxygen atoms in total. The lowest BCUT2D eigenvalue weighted by molar-refractivity contribution is -0.392. The van der Waals surface area contributed by atoms with E-state index in [4.69, 9.17) is 62.2 Å². The summed E-state index contributed by atoms with van der Waals surface area (Å²) in [5.41, 5.74) is -4.44. The number of nitrogens with one attached hydrogen (secondary N) is 2. The minimum atomic E-state index is -1.97. The number of ketones is 3. The molecule has 10 N–H and O–H groups in total. The number of nitrogens with zero attached hydrogens (tertiary/aromatic N) is 6. The number of aliphatic hydroxyl groups excluding tert-OH is 6. The zero-order valence-electron chi connectivity index (χ0n) is 77.6. The van der Waals surface area contributed by atoms with Gasteiger partial charge in [-0.15, -0.1) is 0 Å². The summed E-state index contributed by atoms with van der Waals surface area (Å²) < 4.78 is 69.2. The lowest BCUT2D eigenvalue weighted by Crippen LogP contribution is -2.61. The predicted molar refractivity (Wildman–Crippen MR) is 459 cm³/mol. The highest BCUT2D eigenvalue weighted by Gasteiger charge is 2.58. The number of methoxy groups -OCH3 is 3. The fraction of sp³-hybridized carbons (Fsp3) is 0.733. The molecule has 702 valence electrons. The maximum Gasteiger partial charge on any atom is 0.342 e. The number of hydrogen-bond donors (Lipinski definition) is 10. The van der Waals surface area contributed by atoms with Gasteiger partial charge in [0.2, 0.25) is 5.78 Å². The Bertz CT molecular complexity index is 4320. The number of piperidine rings is 1. The zero-order chi connectivity index (χ0) is 93.7. The van der Waals surface area contributed by atoms with Crippen LogP contribution < -0.4 is 15.4 Å². The normalized spacial score (nSPS) is 37.9. The molecule has 125 heavy (non-hydrogen) atoms. The van der Waals surface area contributed by atoms with Gasteiger partial charge in [-0.25, -0.2) is 9.55 Å². The van der Waals surface area contributed by atoms with Crippen LogP contribution in [0.1, 0.15) is 208 Å². The average molecular weight is 1770 g/mol. The van der Waals surface area contributed by atoms with E-state index in [1.165, 1.54) is 66.1 Å². The maximum atomic E-state index is 14.7. The van der Waals surface area contributed by atoms with Gasteiger partial charge >= 0.3 is 23.5 Å². The number of likely N-dealkylation sites (N-methyl/N-ethyl adjacent to an activating group) is 1. The summed E-state index contributed by atoms with van der Waals surface area (Å²) in [6.45, 7) is 38.3. The van der Waals surface area contributed by atoms with Gasteiger partial charge in [0.1, 0.15) is 71.4 Å². The fourth-order valence-electron chi connectivity index (χ4n) is 18.8. The third kappa shape index (κ3) is 22.1. The van der Waals surface area contributed by atoms with Crippen LogP contribution in [-0.2, 0) is 73.1 Å². The number of fused-ring (bicyclic) bond motifs is 3. The minimum Gasteiger partial charge on any atom is -0.507 e. The number of esters is 2. The molecule has 35 heteroatoms. The molecule has 1 unspecified atom stereocenters. The van der Waals surface area contributed by atoms with Crippen LogP contribution >= 0.6 is 0 Å². The van der Waals surface area contributed by atoms with Crippen LogP contribution in [0.25, 0.3) is 0 Å². The fourth-order valence-corrected chi connectivity index (χ4v) is 18.8. The van der Waals surface area contributed by atoms with E-state index in [2.05, 4.69) is 34.4 Å². The van der Waals surface area contributed by atoms with Gasteiger partial charge in [-0.2, -0.15) is 0 Å². The average Bonchev–Trinajstić information content (AvgIpc) is 1.54. The van der Waals surface area contributed by atoms with Crippen LogP contribution in [0.3, 0.4) is 0 Å². The number of cyclic esters (lactones) is 1. The van der Waals surface area contributed by atoms with Gasteiger partial charge in [-0.1, -0.05) is 87.5 Å². The van der Waals surface area contributed by atoms with Crippen molar-refractivity contribution in [3.8, 4) is 11.5 Å². The van der Waals surface area contributed by atoms with Crippen molar-refractivity contribution in [3.63, 3.8) is 0 Å². The first-order valence-corrected chi connectivity index (χ1v) is 43.6. The van der Waals surface area contributed by atoms with Gasteiger partial charge in [0.25, 0.3) is 11.7 Å². The maximum absolute atomic E-state index is 14.7. The van der Waals surface area contributed by atoms with Gasteiger partial charge in [0.15, 0.2) is 18.4 Å². The van der Waals surface area contributed by atoms with Crippen molar-refractivity contribution in [2.75, 3.05) is 61.7 Å². The van der Waals surface area contributed by atoms with Gasteiger partial charge in [0.05, 0.1) is 101 Å². The molecule has 1 spiro atoms. The quantitative estimate of drug-likeness (QED) is 0.0480. The Morgan fingerprint density at radius 2 is 1.43 bits per heavy atom. The van der Waals surface area contributed by atoms with E-state index in [0.29, 0.717) is 31.0 Å². The summed E-state index contributed by atoms with van der Waals surface area (Å²) in [6.07, 6.45) is -2.49. The number of aryl methyl sites for hydroxylation is 1. The summed E-state index contributed by atoms with van der Waals surface area (Å²) in [4.78, 5) is 107. The monoisotopic (exact) mass is 1760 g/mol. The number of benzene rings is 1. The van der Waals surface area contributed by atoms with Crippen LogP contribution in [0, 0.1) is 77.2 Å². The number of nitro groups is 1. The third-order valence-corrected chi connectivity index (χ3v) is 26.8. The van der Waals surface area contributed by atoms with Crippen molar-refractivity contribution in [2.45, 2.75) is 311 Å². The number of aliphatic imine (C=N–C) groups is 1. The summed E-state index contributed by atoms with van der Waals surface area (Å²) >= 11 is 0. The van der Waals surface area contributed by atoms with E-state index in [-0.39, 0.29) is 107 Å². The number of Topliss-reactive ketones (excluding diaryl/α,β-unsaturated/α-hetero) is 3. The summed E-state index contributed by atoms with van der Waals surface area (Å²) in [7, 11) is 8.23. The predicted octanol–water partition coefficient (Wildman–Crippen LogP) is 7.15. The molecule has 8 heterocycles. The van der Waals surface area contributed by atoms with E-state index in [9.17, 15) is 74.6 Å². The molecule has 27 atom stereocenters. The van der Waals surface area contributed by atoms with E-state index >= 15 is 0 Å². The number of imidazole rings is 1. The number of aromatic hydroxyl groups is 1. The first-order chi connectivity index (χ1) is 58.3. The molecule has 7 aliphatic heterocycles. The molecule has 1 aromatic carbocycles. The molecule has 4 fully saturated rings. The van der Waals surface area contributed by atoms with Crippen LogP contribution in [0.4, 0.5) is 5.82 Å².